The summed E-state index contributed by atoms with van der Waals surface area (Å²) in [5.41, 5.74) is 1.83. The van der Waals surface area contributed by atoms with Crippen molar-refractivity contribution in [2.24, 2.45) is 0 Å². The van der Waals surface area contributed by atoms with Gasteiger partial charge in [-0.15, -0.1) is 0 Å². The molecule has 1 aliphatic rings. The van der Waals surface area contributed by atoms with Crippen molar-refractivity contribution in [2.75, 3.05) is 45.3 Å². The zero-order chi connectivity index (χ0) is 15.9. The zero-order valence-electron chi connectivity index (χ0n) is 13.5. The van der Waals surface area contributed by atoms with Gasteiger partial charge in [0.15, 0.2) is 0 Å². The predicted molar refractivity (Wildman–Crippen MR) is 87.3 cm³/mol. The van der Waals surface area contributed by atoms with Gasteiger partial charge in [0.05, 0.1) is 6.10 Å². The van der Waals surface area contributed by atoms with Gasteiger partial charge < -0.3 is 19.6 Å². The highest BCUT2D eigenvalue weighted by Crippen LogP contribution is 2.18. The minimum absolute atomic E-state index is 0.0964. The van der Waals surface area contributed by atoms with E-state index in [-0.39, 0.29) is 18.6 Å². The number of carbonyl (C=O) groups is 1. The molecule has 22 heavy (non-hydrogen) atoms. The van der Waals surface area contributed by atoms with Crippen LogP contribution in [0.5, 0.6) is 0 Å². The van der Waals surface area contributed by atoms with E-state index in [1.165, 1.54) is 0 Å². The Morgan fingerprint density at radius 3 is 2.45 bits per heavy atom. The molecule has 122 valence electrons. The molecule has 2 rings (SSSR count). The van der Waals surface area contributed by atoms with Gasteiger partial charge in [0.25, 0.3) is 5.91 Å². The summed E-state index contributed by atoms with van der Waals surface area (Å²) in [5.74, 6) is 0.0964. The van der Waals surface area contributed by atoms with E-state index in [0.717, 1.165) is 37.2 Å². The van der Waals surface area contributed by atoms with E-state index < -0.39 is 0 Å². The van der Waals surface area contributed by atoms with Crippen molar-refractivity contribution < 1.29 is 14.6 Å². The van der Waals surface area contributed by atoms with Gasteiger partial charge in [-0.1, -0.05) is 0 Å². The van der Waals surface area contributed by atoms with Gasteiger partial charge in [-0.2, -0.15) is 0 Å². The first-order chi connectivity index (χ1) is 10.6. The lowest BCUT2D eigenvalue weighted by molar-refractivity contribution is 0.00398. The minimum atomic E-state index is 0.0964. The van der Waals surface area contributed by atoms with Crippen molar-refractivity contribution in [3.8, 4) is 0 Å². The molecule has 1 saturated heterocycles. The van der Waals surface area contributed by atoms with Crippen LogP contribution in [0.15, 0.2) is 24.3 Å². The lowest BCUT2D eigenvalue weighted by atomic mass is 10.1. The number of hydrogen-bond acceptors (Lipinski definition) is 4. The molecule has 0 radical (unpaired) electrons. The summed E-state index contributed by atoms with van der Waals surface area (Å²) in [6, 6.07) is 7.72. The second-order valence-corrected chi connectivity index (χ2v) is 5.88. The Bertz CT molecular complexity index is 465. The number of likely N-dealkylation sites (tertiary alicyclic amines) is 1. The molecular weight excluding hydrogens is 280 g/mol. The van der Waals surface area contributed by atoms with E-state index in [2.05, 4.69) is 0 Å². The Hall–Kier alpha value is -1.59. The number of piperidine rings is 1. The van der Waals surface area contributed by atoms with Gasteiger partial charge in [0.2, 0.25) is 0 Å². The molecule has 1 fully saturated rings. The molecule has 1 N–H and O–H groups in total. The quantitative estimate of drug-likeness (QED) is 0.814. The van der Waals surface area contributed by atoms with Crippen LogP contribution >= 0.6 is 0 Å². The Morgan fingerprint density at radius 2 is 1.91 bits per heavy atom. The van der Waals surface area contributed by atoms with Gasteiger partial charge in [0, 0.05) is 51.6 Å². The summed E-state index contributed by atoms with van der Waals surface area (Å²) in [6.07, 6.45) is 2.63. The second kappa shape index (κ2) is 8.15. The van der Waals surface area contributed by atoms with E-state index in [4.69, 9.17) is 9.84 Å². The smallest absolute Gasteiger partial charge is 0.253 e. The molecule has 1 aliphatic heterocycles. The lowest BCUT2D eigenvalue weighted by Gasteiger charge is -2.32. The maximum atomic E-state index is 12.5. The number of anilines is 1. The van der Waals surface area contributed by atoms with Crippen LogP contribution in [0, 0.1) is 0 Å². The molecule has 1 aromatic rings. The number of amides is 1. The number of nitrogens with zero attached hydrogens (tertiary/aromatic N) is 2. The maximum Gasteiger partial charge on any atom is 0.253 e. The van der Waals surface area contributed by atoms with Gasteiger partial charge in [-0.05, 0) is 43.5 Å². The van der Waals surface area contributed by atoms with Crippen molar-refractivity contribution in [3.63, 3.8) is 0 Å². The highest BCUT2D eigenvalue weighted by atomic mass is 16.5. The van der Waals surface area contributed by atoms with Crippen molar-refractivity contribution in [3.05, 3.63) is 29.8 Å². The Labute approximate surface area is 132 Å². The van der Waals surface area contributed by atoms with Crippen LogP contribution in [-0.4, -0.2) is 62.4 Å². The molecule has 1 amide bonds. The number of aliphatic hydroxyl groups is 1. The van der Waals surface area contributed by atoms with Crippen molar-refractivity contribution in [1.82, 2.24) is 4.90 Å². The van der Waals surface area contributed by atoms with E-state index in [9.17, 15) is 4.79 Å². The van der Waals surface area contributed by atoms with Crippen LogP contribution in [0.2, 0.25) is 0 Å². The predicted octanol–water partition coefficient (Wildman–Crippen LogP) is 1.76. The first kappa shape index (κ1) is 16.8. The minimum Gasteiger partial charge on any atom is -0.396 e. The number of carbonyl (C=O) groups excluding carboxylic acids is 1. The number of hydrogen-bond donors (Lipinski definition) is 1. The molecule has 1 heterocycles. The largest absolute Gasteiger partial charge is 0.396 e. The average Bonchev–Trinajstić information content (AvgIpc) is 2.55. The molecule has 0 spiro atoms. The van der Waals surface area contributed by atoms with Crippen molar-refractivity contribution in [2.45, 2.75) is 25.4 Å². The Kier molecular flexibility index (Phi) is 6.21. The molecule has 5 heteroatoms. The normalized spacial score (nSPS) is 15.9. The Morgan fingerprint density at radius 1 is 1.27 bits per heavy atom. The molecule has 0 saturated carbocycles. The maximum absolute atomic E-state index is 12.5. The van der Waals surface area contributed by atoms with Gasteiger partial charge in [-0.3, -0.25) is 4.79 Å². The Balaban J connectivity index is 1.84. The van der Waals surface area contributed by atoms with E-state index in [1.54, 1.807) is 0 Å². The summed E-state index contributed by atoms with van der Waals surface area (Å²) in [4.78, 5) is 16.4. The topological polar surface area (TPSA) is 53.0 Å². The van der Waals surface area contributed by atoms with Crippen LogP contribution in [0.4, 0.5) is 5.69 Å². The highest BCUT2D eigenvalue weighted by molar-refractivity contribution is 5.94. The van der Waals surface area contributed by atoms with Crippen LogP contribution in [0.25, 0.3) is 0 Å². The van der Waals surface area contributed by atoms with Gasteiger partial charge in [-0.25, -0.2) is 0 Å². The SMILES string of the molecule is CN(C)c1ccc(C(=O)N2CCC(OCCCO)CC2)cc1. The number of benzene rings is 1. The summed E-state index contributed by atoms with van der Waals surface area (Å²) < 4.78 is 5.70. The molecule has 0 aliphatic carbocycles. The summed E-state index contributed by atoms with van der Waals surface area (Å²) in [7, 11) is 3.97. The molecular formula is C17H26N2O3. The van der Waals surface area contributed by atoms with Crippen LogP contribution in [-0.2, 0) is 4.74 Å². The van der Waals surface area contributed by atoms with Crippen LogP contribution in [0.1, 0.15) is 29.6 Å². The van der Waals surface area contributed by atoms with Crippen LogP contribution in [0.3, 0.4) is 0 Å². The van der Waals surface area contributed by atoms with Crippen molar-refractivity contribution in [1.29, 1.82) is 0 Å². The molecule has 1 aromatic carbocycles. The van der Waals surface area contributed by atoms with Crippen molar-refractivity contribution >= 4 is 11.6 Å². The van der Waals surface area contributed by atoms with Gasteiger partial charge in [0.1, 0.15) is 0 Å². The van der Waals surface area contributed by atoms with Crippen LogP contribution < -0.4 is 4.90 Å². The zero-order valence-corrected chi connectivity index (χ0v) is 13.5. The lowest BCUT2D eigenvalue weighted by Crippen LogP contribution is -2.41. The molecule has 0 bridgehead atoms. The molecule has 0 aromatic heterocycles. The third-order valence-corrected chi connectivity index (χ3v) is 4.02. The summed E-state index contributed by atoms with van der Waals surface area (Å²) in [6.45, 7) is 2.23. The molecule has 5 nitrogen and oxygen atoms in total. The monoisotopic (exact) mass is 306 g/mol. The summed E-state index contributed by atoms with van der Waals surface area (Å²) >= 11 is 0. The summed E-state index contributed by atoms with van der Waals surface area (Å²) in [5, 5.41) is 8.75. The van der Waals surface area contributed by atoms with Gasteiger partial charge >= 0.3 is 0 Å². The molecule has 0 atom stereocenters. The second-order valence-electron chi connectivity index (χ2n) is 5.88. The van der Waals surface area contributed by atoms with E-state index >= 15 is 0 Å². The fourth-order valence-corrected chi connectivity index (χ4v) is 2.62. The number of ether oxygens (including phenoxy) is 1. The third kappa shape index (κ3) is 4.45. The first-order valence-corrected chi connectivity index (χ1v) is 7.91. The average molecular weight is 306 g/mol. The van der Waals surface area contributed by atoms with E-state index in [1.807, 2.05) is 48.2 Å². The fourth-order valence-electron chi connectivity index (χ4n) is 2.62. The number of aliphatic hydroxyl groups excluding tert-OH is 1. The molecule has 0 unspecified atom stereocenters. The number of rotatable bonds is 6. The highest BCUT2D eigenvalue weighted by Gasteiger charge is 2.23. The first-order valence-electron chi connectivity index (χ1n) is 7.91. The standard InChI is InChI=1S/C17H26N2O3/c1-18(2)15-6-4-14(5-7-15)17(21)19-10-8-16(9-11-19)22-13-3-12-20/h4-7,16,20H,3,8-13H2,1-2H3. The third-order valence-electron chi connectivity index (χ3n) is 4.02. The fraction of sp³-hybridized carbons (Fsp3) is 0.588. The van der Waals surface area contributed by atoms with E-state index in [0.29, 0.717) is 13.0 Å².